The largest absolute Gasteiger partial charge is 0.478 e. The fourth-order valence-corrected chi connectivity index (χ4v) is 3.14. The van der Waals surface area contributed by atoms with E-state index < -0.39 is 5.97 Å². The molecule has 25 heavy (non-hydrogen) atoms. The number of hydrogen-bond acceptors (Lipinski definition) is 4. The van der Waals surface area contributed by atoms with Crippen molar-refractivity contribution in [3.8, 4) is 0 Å². The third-order valence-electron chi connectivity index (χ3n) is 3.51. The zero-order valence-corrected chi connectivity index (χ0v) is 14.0. The lowest BCUT2D eigenvalue weighted by atomic mass is 10.2. The monoisotopic (exact) mass is 356 g/mol. The molecule has 1 aliphatic heterocycles. The molecule has 0 bridgehead atoms. The molecule has 3 rings (SSSR count). The van der Waals surface area contributed by atoms with E-state index in [-0.39, 0.29) is 17.3 Å². The van der Waals surface area contributed by atoms with Crippen LogP contribution in [0.25, 0.3) is 6.08 Å². The van der Waals surface area contributed by atoms with E-state index in [9.17, 15) is 14.0 Å². The van der Waals surface area contributed by atoms with Crippen LogP contribution >= 0.6 is 11.8 Å². The number of likely N-dealkylation sites (N-methyl/N-ethyl adjacent to an activating group) is 1. The van der Waals surface area contributed by atoms with E-state index in [1.54, 1.807) is 37.4 Å². The van der Waals surface area contributed by atoms with E-state index >= 15 is 0 Å². The first-order chi connectivity index (χ1) is 11.9. The molecule has 0 saturated carbocycles. The fourth-order valence-electron chi connectivity index (χ4n) is 2.15. The first-order valence-electron chi connectivity index (χ1n) is 7.29. The molecule has 1 amide bonds. The van der Waals surface area contributed by atoms with Crippen LogP contribution < -0.4 is 0 Å². The molecule has 1 heterocycles. The molecule has 126 valence electrons. The van der Waals surface area contributed by atoms with Gasteiger partial charge in [-0.15, -0.1) is 0 Å². The molecule has 2 aromatic carbocycles. The molecule has 2 aromatic rings. The summed E-state index contributed by atoms with van der Waals surface area (Å²) < 4.78 is 13.0. The quantitative estimate of drug-likeness (QED) is 0.850. The second-order valence-electron chi connectivity index (χ2n) is 5.27. The first kappa shape index (κ1) is 16.9. The van der Waals surface area contributed by atoms with Gasteiger partial charge in [0.05, 0.1) is 16.2 Å². The summed E-state index contributed by atoms with van der Waals surface area (Å²) in [6, 6.07) is 11.9. The van der Waals surface area contributed by atoms with Crippen molar-refractivity contribution in [2.45, 2.75) is 0 Å². The molecule has 1 aliphatic rings. The average Bonchev–Trinajstić information content (AvgIpc) is 2.85. The Morgan fingerprint density at radius 2 is 1.80 bits per heavy atom. The van der Waals surface area contributed by atoms with Gasteiger partial charge in [0.2, 0.25) is 0 Å². The maximum atomic E-state index is 13.0. The number of benzene rings is 2. The highest BCUT2D eigenvalue weighted by molar-refractivity contribution is 8.18. The molecule has 7 heteroatoms. The van der Waals surface area contributed by atoms with Gasteiger partial charge >= 0.3 is 5.97 Å². The number of amides is 1. The molecule has 0 atom stereocenters. The number of aliphatic imine (C=N–C) groups is 1. The molecule has 1 fully saturated rings. The number of amidine groups is 1. The van der Waals surface area contributed by atoms with Crippen molar-refractivity contribution in [2.24, 2.45) is 4.99 Å². The van der Waals surface area contributed by atoms with E-state index in [0.29, 0.717) is 15.8 Å². The number of thioether (sulfide) groups is 1. The smallest absolute Gasteiger partial charge is 0.335 e. The number of carbonyl (C=O) groups is 2. The highest BCUT2D eigenvalue weighted by Crippen LogP contribution is 2.33. The molecular weight excluding hydrogens is 343 g/mol. The third kappa shape index (κ3) is 3.77. The van der Waals surface area contributed by atoms with Crippen LogP contribution in [0.1, 0.15) is 15.9 Å². The number of carboxylic acid groups (broad SMARTS) is 1. The lowest BCUT2D eigenvalue weighted by Gasteiger charge is -2.07. The molecule has 5 nitrogen and oxygen atoms in total. The zero-order valence-electron chi connectivity index (χ0n) is 13.1. The third-order valence-corrected chi connectivity index (χ3v) is 4.57. The van der Waals surface area contributed by atoms with Crippen molar-refractivity contribution in [3.63, 3.8) is 0 Å². The number of carboxylic acids is 1. The van der Waals surface area contributed by atoms with Crippen molar-refractivity contribution in [1.29, 1.82) is 0 Å². The predicted octanol–water partition coefficient (Wildman–Crippen LogP) is 3.76. The molecule has 0 spiro atoms. The van der Waals surface area contributed by atoms with Gasteiger partial charge in [0, 0.05) is 7.05 Å². The second kappa shape index (κ2) is 6.90. The summed E-state index contributed by atoms with van der Waals surface area (Å²) in [6.07, 6.45) is 1.68. The summed E-state index contributed by atoms with van der Waals surface area (Å²) in [7, 11) is 1.62. The number of rotatable bonds is 3. The summed E-state index contributed by atoms with van der Waals surface area (Å²) in [5, 5.41) is 9.39. The van der Waals surface area contributed by atoms with Crippen LogP contribution in [0.3, 0.4) is 0 Å². The van der Waals surface area contributed by atoms with Crippen LogP contribution in [0.2, 0.25) is 0 Å². The summed E-state index contributed by atoms with van der Waals surface area (Å²) in [4.78, 5) is 29.5. The van der Waals surface area contributed by atoms with Gasteiger partial charge in [-0.1, -0.05) is 12.1 Å². The zero-order chi connectivity index (χ0) is 18.0. The van der Waals surface area contributed by atoms with Gasteiger partial charge in [0.25, 0.3) is 5.91 Å². The minimum Gasteiger partial charge on any atom is -0.478 e. The topological polar surface area (TPSA) is 70.0 Å². The van der Waals surface area contributed by atoms with Crippen molar-refractivity contribution >= 4 is 40.6 Å². The van der Waals surface area contributed by atoms with E-state index in [1.807, 2.05) is 0 Å². The SMILES string of the molecule is CN1C(=O)/C(=C/c2ccc(F)cc2)SC1=Nc1ccc(C(=O)O)cc1. The number of carbonyl (C=O) groups excluding carboxylic acids is 1. The van der Waals surface area contributed by atoms with E-state index in [0.717, 1.165) is 5.56 Å². The molecule has 0 aromatic heterocycles. The average molecular weight is 356 g/mol. The Balaban J connectivity index is 1.85. The van der Waals surface area contributed by atoms with Gasteiger partial charge in [-0.25, -0.2) is 14.2 Å². The summed E-state index contributed by atoms with van der Waals surface area (Å²) in [5.41, 5.74) is 1.44. The fraction of sp³-hybridized carbons (Fsp3) is 0.0556. The normalized spacial score (nSPS) is 17.5. The van der Waals surface area contributed by atoms with Gasteiger partial charge < -0.3 is 5.11 Å². The van der Waals surface area contributed by atoms with Crippen molar-refractivity contribution in [3.05, 3.63) is 70.4 Å². The molecule has 1 N–H and O–H groups in total. The van der Waals surface area contributed by atoms with Gasteiger partial charge in [0.1, 0.15) is 5.82 Å². The predicted molar refractivity (Wildman–Crippen MR) is 95.2 cm³/mol. The molecule has 1 saturated heterocycles. The Bertz CT molecular complexity index is 890. The Kier molecular flexibility index (Phi) is 4.67. The number of nitrogens with zero attached hydrogens (tertiary/aromatic N) is 2. The van der Waals surface area contributed by atoms with Gasteiger partial charge in [-0.05, 0) is 59.8 Å². The second-order valence-corrected chi connectivity index (χ2v) is 6.28. The Morgan fingerprint density at radius 3 is 2.40 bits per heavy atom. The molecule has 0 unspecified atom stereocenters. The highest BCUT2D eigenvalue weighted by Gasteiger charge is 2.30. The maximum Gasteiger partial charge on any atom is 0.335 e. The minimum atomic E-state index is -1.01. The van der Waals surface area contributed by atoms with E-state index in [4.69, 9.17) is 5.11 Å². The Hall–Kier alpha value is -2.93. The maximum absolute atomic E-state index is 13.0. The number of hydrogen-bond donors (Lipinski definition) is 1. The van der Waals surface area contributed by atoms with Crippen LogP contribution in [0.15, 0.2) is 58.4 Å². The van der Waals surface area contributed by atoms with Crippen LogP contribution in [-0.2, 0) is 4.79 Å². The van der Waals surface area contributed by atoms with Gasteiger partial charge in [-0.2, -0.15) is 0 Å². The summed E-state index contributed by atoms with van der Waals surface area (Å²) in [5.74, 6) is -1.54. The standard InChI is InChI=1S/C18H13FN2O3S/c1-21-16(22)15(10-11-2-6-13(19)7-3-11)25-18(21)20-14-8-4-12(5-9-14)17(23)24/h2-10H,1H3,(H,23,24)/b15-10-,20-18?. The van der Waals surface area contributed by atoms with Crippen LogP contribution in [-0.4, -0.2) is 34.1 Å². The van der Waals surface area contributed by atoms with Crippen LogP contribution in [0.5, 0.6) is 0 Å². The van der Waals surface area contributed by atoms with Crippen LogP contribution in [0.4, 0.5) is 10.1 Å². The first-order valence-corrected chi connectivity index (χ1v) is 8.11. The molecule has 0 radical (unpaired) electrons. The van der Waals surface area contributed by atoms with Gasteiger partial charge in [-0.3, -0.25) is 9.69 Å². The van der Waals surface area contributed by atoms with Crippen molar-refractivity contribution < 1.29 is 19.1 Å². The Morgan fingerprint density at radius 1 is 1.16 bits per heavy atom. The van der Waals surface area contributed by atoms with Crippen LogP contribution in [0, 0.1) is 5.82 Å². The van der Waals surface area contributed by atoms with Crippen molar-refractivity contribution in [1.82, 2.24) is 4.90 Å². The van der Waals surface area contributed by atoms with E-state index in [1.165, 1.54) is 40.9 Å². The summed E-state index contributed by atoms with van der Waals surface area (Å²) in [6.45, 7) is 0. The number of halogens is 1. The summed E-state index contributed by atoms with van der Waals surface area (Å²) >= 11 is 1.21. The highest BCUT2D eigenvalue weighted by atomic mass is 32.2. The lowest BCUT2D eigenvalue weighted by molar-refractivity contribution is -0.121. The minimum absolute atomic E-state index is 0.171. The van der Waals surface area contributed by atoms with E-state index in [2.05, 4.69) is 4.99 Å². The molecular formula is C18H13FN2O3S. The Labute approximate surface area is 147 Å². The van der Waals surface area contributed by atoms with Gasteiger partial charge in [0.15, 0.2) is 5.17 Å². The van der Waals surface area contributed by atoms with Crippen molar-refractivity contribution in [2.75, 3.05) is 7.05 Å². The number of aromatic carboxylic acids is 1. The molecule has 0 aliphatic carbocycles. The lowest BCUT2D eigenvalue weighted by Crippen LogP contribution is -2.23.